The summed E-state index contributed by atoms with van der Waals surface area (Å²) >= 11 is 0. The standard InChI is InChI=1S/C19H27N3O3/c1-2-16-13-22(10-11-25-16)19(24)14-21-9-8-20-18(23)12-17(21)15-6-4-3-5-7-15/h3-7,16-17H,2,8-14H2,1H3,(H,20,23)/t16-,17-/m1/s1. The van der Waals surface area contributed by atoms with Gasteiger partial charge in [0, 0.05) is 38.6 Å². The number of nitrogens with zero attached hydrogens (tertiary/aromatic N) is 2. The summed E-state index contributed by atoms with van der Waals surface area (Å²) in [6, 6.07) is 9.92. The zero-order valence-corrected chi connectivity index (χ0v) is 14.8. The highest BCUT2D eigenvalue weighted by atomic mass is 16.5. The number of nitrogens with one attached hydrogen (secondary N) is 1. The third-order valence-corrected chi connectivity index (χ3v) is 5.01. The summed E-state index contributed by atoms with van der Waals surface area (Å²) in [6.45, 7) is 5.59. The number of hydrogen-bond donors (Lipinski definition) is 1. The van der Waals surface area contributed by atoms with Crippen molar-refractivity contribution in [2.24, 2.45) is 0 Å². The molecule has 25 heavy (non-hydrogen) atoms. The Kier molecular flexibility index (Phi) is 6.04. The topological polar surface area (TPSA) is 61.9 Å². The lowest BCUT2D eigenvalue weighted by Crippen LogP contribution is -2.49. The molecule has 2 fully saturated rings. The van der Waals surface area contributed by atoms with Gasteiger partial charge in [0.25, 0.3) is 0 Å². The molecular formula is C19H27N3O3. The average molecular weight is 345 g/mol. The van der Waals surface area contributed by atoms with Gasteiger partial charge in [-0.05, 0) is 12.0 Å². The molecule has 2 heterocycles. The van der Waals surface area contributed by atoms with E-state index in [1.165, 1.54) is 0 Å². The summed E-state index contributed by atoms with van der Waals surface area (Å²) in [7, 11) is 0. The second-order valence-corrected chi connectivity index (χ2v) is 6.69. The second kappa shape index (κ2) is 8.45. The molecule has 0 bridgehead atoms. The summed E-state index contributed by atoms with van der Waals surface area (Å²) in [5, 5.41) is 2.92. The summed E-state index contributed by atoms with van der Waals surface area (Å²) in [4.78, 5) is 28.9. The minimum absolute atomic E-state index is 0.0428. The highest BCUT2D eigenvalue weighted by Crippen LogP contribution is 2.25. The predicted octanol–water partition coefficient (Wildman–Crippen LogP) is 1.19. The van der Waals surface area contributed by atoms with Gasteiger partial charge in [-0.25, -0.2) is 0 Å². The lowest BCUT2D eigenvalue weighted by atomic mass is 10.0. The summed E-state index contributed by atoms with van der Waals surface area (Å²) in [6.07, 6.45) is 1.44. The van der Waals surface area contributed by atoms with Crippen LogP contribution in [0.3, 0.4) is 0 Å². The fourth-order valence-corrected chi connectivity index (χ4v) is 3.53. The summed E-state index contributed by atoms with van der Waals surface area (Å²) in [5.74, 6) is 0.165. The van der Waals surface area contributed by atoms with E-state index in [0.29, 0.717) is 45.8 Å². The first-order valence-corrected chi connectivity index (χ1v) is 9.12. The Balaban J connectivity index is 1.71. The van der Waals surface area contributed by atoms with Gasteiger partial charge < -0.3 is 15.0 Å². The van der Waals surface area contributed by atoms with Gasteiger partial charge in [-0.2, -0.15) is 0 Å². The maximum atomic E-state index is 12.8. The van der Waals surface area contributed by atoms with Crippen LogP contribution in [0, 0.1) is 0 Å². The lowest BCUT2D eigenvalue weighted by molar-refractivity contribution is -0.140. The van der Waals surface area contributed by atoms with Crippen molar-refractivity contribution in [2.45, 2.75) is 31.9 Å². The third-order valence-electron chi connectivity index (χ3n) is 5.01. The first kappa shape index (κ1) is 17.9. The van der Waals surface area contributed by atoms with Gasteiger partial charge >= 0.3 is 0 Å². The van der Waals surface area contributed by atoms with Crippen molar-refractivity contribution in [2.75, 3.05) is 39.3 Å². The van der Waals surface area contributed by atoms with E-state index >= 15 is 0 Å². The van der Waals surface area contributed by atoms with Crippen LogP contribution in [0.5, 0.6) is 0 Å². The molecule has 3 rings (SSSR count). The molecule has 1 aromatic carbocycles. The largest absolute Gasteiger partial charge is 0.375 e. The number of rotatable bonds is 4. The number of morpholine rings is 1. The molecule has 0 aliphatic carbocycles. The van der Waals surface area contributed by atoms with Crippen LogP contribution in [-0.2, 0) is 14.3 Å². The summed E-state index contributed by atoms with van der Waals surface area (Å²) in [5.41, 5.74) is 1.08. The molecule has 0 spiro atoms. The molecular weight excluding hydrogens is 318 g/mol. The molecule has 0 aromatic heterocycles. The Labute approximate surface area is 149 Å². The lowest BCUT2D eigenvalue weighted by Gasteiger charge is -2.35. The SMILES string of the molecule is CC[C@@H]1CN(C(=O)CN2CCNC(=O)C[C@@H]2c2ccccc2)CCO1. The van der Waals surface area contributed by atoms with E-state index in [9.17, 15) is 9.59 Å². The molecule has 2 aliphatic rings. The van der Waals surface area contributed by atoms with Crippen molar-refractivity contribution in [3.8, 4) is 0 Å². The highest BCUT2D eigenvalue weighted by Gasteiger charge is 2.30. The first-order valence-electron chi connectivity index (χ1n) is 9.12. The number of carbonyl (C=O) groups is 2. The van der Waals surface area contributed by atoms with Crippen LogP contribution in [0.4, 0.5) is 0 Å². The minimum atomic E-state index is -0.0596. The van der Waals surface area contributed by atoms with Gasteiger partial charge in [-0.15, -0.1) is 0 Å². The zero-order valence-electron chi connectivity index (χ0n) is 14.8. The van der Waals surface area contributed by atoms with Crippen molar-refractivity contribution in [1.82, 2.24) is 15.1 Å². The maximum absolute atomic E-state index is 12.8. The van der Waals surface area contributed by atoms with Crippen LogP contribution < -0.4 is 5.32 Å². The number of ether oxygens (including phenoxy) is 1. The first-order chi connectivity index (χ1) is 12.2. The van der Waals surface area contributed by atoms with Crippen LogP contribution >= 0.6 is 0 Å². The van der Waals surface area contributed by atoms with Crippen LogP contribution in [0.15, 0.2) is 30.3 Å². The predicted molar refractivity (Wildman–Crippen MR) is 95.0 cm³/mol. The van der Waals surface area contributed by atoms with E-state index in [-0.39, 0.29) is 24.0 Å². The number of amides is 2. The van der Waals surface area contributed by atoms with E-state index in [1.54, 1.807) is 0 Å². The molecule has 0 saturated carbocycles. The van der Waals surface area contributed by atoms with E-state index < -0.39 is 0 Å². The smallest absolute Gasteiger partial charge is 0.236 e. The van der Waals surface area contributed by atoms with Crippen LogP contribution in [-0.4, -0.2) is 67.0 Å². The Morgan fingerprint density at radius 3 is 2.84 bits per heavy atom. The van der Waals surface area contributed by atoms with Gasteiger partial charge in [-0.1, -0.05) is 37.3 Å². The Hall–Kier alpha value is -1.92. The average Bonchev–Trinajstić information content (AvgIpc) is 2.84. The van der Waals surface area contributed by atoms with Gasteiger partial charge in [0.15, 0.2) is 0 Å². The molecule has 6 heteroatoms. The molecule has 1 aromatic rings. The molecule has 1 N–H and O–H groups in total. The zero-order chi connectivity index (χ0) is 17.6. The van der Waals surface area contributed by atoms with Crippen molar-refractivity contribution in [3.05, 3.63) is 35.9 Å². The maximum Gasteiger partial charge on any atom is 0.236 e. The fraction of sp³-hybridized carbons (Fsp3) is 0.579. The van der Waals surface area contributed by atoms with Gasteiger partial charge in [0.05, 0.1) is 19.3 Å². The van der Waals surface area contributed by atoms with E-state index in [1.807, 2.05) is 35.2 Å². The second-order valence-electron chi connectivity index (χ2n) is 6.69. The molecule has 2 saturated heterocycles. The van der Waals surface area contributed by atoms with Crippen molar-refractivity contribution < 1.29 is 14.3 Å². The van der Waals surface area contributed by atoms with Crippen LogP contribution in [0.25, 0.3) is 0 Å². The van der Waals surface area contributed by atoms with Gasteiger partial charge in [-0.3, -0.25) is 14.5 Å². The molecule has 2 atom stereocenters. The van der Waals surface area contributed by atoms with E-state index in [4.69, 9.17) is 4.74 Å². The summed E-state index contributed by atoms with van der Waals surface area (Å²) < 4.78 is 5.66. The number of benzene rings is 1. The molecule has 0 unspecified atom stereocenters. The molecule has 2 amide bonds. The number of carbonyl (C=O) groups excluding carboxylic acids is 2. The molecule has 6 nitrogen and oxygen atoms in total. The molecule has 0 radical (unpaired) electrons. The van der Waals surface area contributed by atoms with E-state index in [2.05, 4.69) is 17.1 Å². The van der Waals surface area contributed by atoms with Crippen molar-refractivity contribution in [1.29, 1.82) is 0 Å². The fourth-order valence-electron chi connectivity index (χ4n) is 3.53. The minimum Gasteiger partial charge on any atom is -0.375 e. The van der Waals surface area contributed by atoms with Gasteiger partial charge in [0.1, 0.15) is 0 Å². The van der Waals surface area contributed by atoms with Gasteiger partial charge in [0.2, 0.25) is 11.8 Å². The highest BCUT2D eigenvalue weighted by molar-refractivity contribution is 5.79. The normalized spacial score (nSPS) is 25.3. The Morgan fingerprint density at radius 2 is 2.08 bits per heavy atom. The van der Waals surface area contributed by atoms with Crippen molar-refractivity contribution >= 4 is 11.8 Å². The third kappa shape index (κ3) is 4.58. The van der Waals surface area contributed by atoms with Crippen LogP contribution in [0.1, 0.15) is 31.4 Å². The molecule has 136 valence electrons. The Bertz CT molecular complexity index is 593. The molecule has 2 aliphatic heterocycles. The number of hydrogen-bond acceptors (Lipinski definition) is 4. The Morgan fingerprint density at radius 1 is 1.28 bits per heavy atom. The van der Waals surface area contributed by atoms with Crippen LogP contribution in [0.2, 0.25) is 0 Å². The van der Waals surface area contributed by atoms with E-state index in [0.717, 1.165) is 12.0 Å². The quantitative estimate of drug-likeness (QED) is 0.890. The van der Waals surface area contributed by atoms with Crippen molar-refractivity contribution in [3.63, 3.8) is 0 Å². The monoisotopic (exact) mass is 345 g/mol.